The topological polar surface area (TPSA) is 97.2 Å². The fraction of sp³-hybridized carbons (Fsp3) is 0.429. The highest BCUT2D eigenvalue weighted by atomic mass is 32.1. The van der Waals surface area contributed by atoms with Gasteiger partial charge in [-0.2, -0.15) is 40.4 Å². The Morgan fingerprint density at radius 2 is 1.87 bits per heavy atom. The number of carbonyl (C=O) groups is 1. The molecule has 3 heterocycles. The minimum Gasteiger partial charge on any atom is -0.410 e. The van der Waals surface area contributed by atoms with Gasteiger partial charge in [0.15, 0.2) is 5.76 Å². The van der Waals surface area contributed by atoms with Gasteiger partial charge in [0.1, 0.15) is 27.9 Å². The Hall–Kier alpha value is -3.75. The third-order valence-corrected chi connectivity index (χ3v) is 6.64. The predicted octanol–water partition coefficient (Wildman–Crippen LogP) is 5.80. The van der Waals surface area contributed by atoms with Crippen molar-refractivity contribution in [3.8, 4) is 34.0 Å². The molecule has 0 radical (unpaired) electrons. The molecule has 0 bridgehead atoms. The maximum Gasteiger partial charge on any atom is 0.440 e. The van der Waals surface area contributed by atoms with E-state index in [2.05, 4.69) is 15.0 Å². The summed E-state index contributed by atoms with van der Waals surface area (Å²) in [4.78, 5) is 14.3. The fourth-order valence-electron chi connectivity index (χ4n) is 3.57. The van der Waals surface area contributed by atoms with E-state index in [1.165, 1.54) is 11.0 Å². The monoisotopic (exact) mass is 587 g/mol. The van der Waals surface area contributed by atoms with Crippen molar-refractivity contribution in [3.63, 3.8) is 0 Å². The van der Waals surface area contributed by atoms with E-state index in [0.717, 1.165) is 37.3 Å². The van der Waals surface area contributed by atoms with Crippen LogP contribution in [0.4, 0.5) is 39.5 Å². The molecule has 18 heteroatoms. The zero-order chi connectivity index (χ0) is 29.1. The van der Waals surface area contributed by atoms with E-state index in [1.54, 1.807) is 7.05 Å². The van der Waals surface area contributed by atoms with Crippen LogP contribution in [-0.4, -0.2) is 57.3 Å². The molecule has 3 aromatic heterocycles. The number of nitriles is 1. The molecule has 0 aliphatic heterocycles. The van der Waals surface area contributed by atoms with E-state index in [4.69, 9.17) is 4.52 Å². The molecule has 1 atom stereocenters. The molecule has 1 unspecified atom stereocenters. The van der Waals surface area contributed by atoms with E-state index < -0.39 is 53.4 Å². The normalized spacial score (nSPS) is 15.2. The van der Waals surface area contributed by atoms with Crippen molar-refractivity contribution in [2.45, 2.75) is 43.5 Å². The molecule has 1 aliphatic rings. The first kappa shape index (κ1) is 28.3. The second-order valence-electron chi connectivity index (χ2n) is 8.41. The minimum absolute atomic E-state index is 0.0136. The lowest BCUT2D eigenvalue weighted by atomic mass is 10.1. The molecule has 0 saturated heterocycles. The highest BCUT2D eigenvalue weighted by Crippen LogP contribution is 2.46. The van der Waals surface area contributed by atoms with Gasteiger partial charge in [0.05, 0.1) is 10.4 Å². The van der Waals surface area contributed by atoms with E-state index in [9.17, 15) is 49.6 Å². The quantitative estimate of drug-likeness (QED) is 0.324. The van der Waals surface area contributed by atoms with Gasteiger partial charge in [-0.1, -0.05) is 5.16 Å². The van der Waals surface area contributed by atoms with Gasteiger partial charge in [0.25, 0.3) is 18.0 Å². The summed E-state index contributed by atoms with van der Waals surface area (Å²) in [5, 5.41) is 16.0. The number of thiophene rings is 1. The lowest BCUT2D eigenvalue weighted by Crippen LogP contribution is -2.46. The minimum atomic E-state index is -6.14. The molecule has 39 heavy (non-hydrogen) atoms. The summed E-state index contributed by atoms with van der Waals surface area (Å²) < 4.78 is 129. The molecule has 1 aliphatic carbocycles. The third-order valence-electron chi connectivity index (χ3n) is 5.59. The molecule has 1 amide bonds. The average Bonchev–Trinajstić information content (AvgIpc) is 3.25. The Morgan fingerprint density at radius 3 is 2.41 bits per heavy atom. The van der Waals surface area contributed by atoms with E-state index in [-0.39, 0.29) is 27.1 Å². The zero-order valence-corrected chi connectivity index (χ0v) is 20.3. The van der Waals surface area contributed by atoms with Crippen molar-refractivity contribution in [3.05, 3.63) is 28.1 Å². The number of rotatable bonds is 7. The second kappa shape index (κ2) is 9.47. The summed E-state index contributed by atoms with van der Waals surface area (Å²) in [5.74, 6) is -2.71. The van der Waals surface area contributed by atoms with Gasteiger partial charge in [0.2, 0.25) is 0 Å². The number of aryl methyl sites for hydroxylation is 1. The number of carbonyl (C=O) groups excluding carboxylic acids is 1. The summed E-state index contributed by atoms with van der Waals surface area (Å²) in [6.07, 6.45) is -20.8. The van der Waals surface area contributed by atoms with Crippen LogP contribution >= 0.6 is 11.3 Å². The van der Waals surface area contributed by atoms with Crippen LogP contribution in [0.2, 0.25) is 0 Å². The van der Waals surface area contributed by atoms with E-state index in [1.807, 2.05) is 6.07 Å². The van der Waals surface area contributed by atoms with Crippen molar-refractivity contribution in [2.75, 3.05) is 7.05 Å². The van der Waals surface area contributed by atoms with Crippen molar-refractivity contribution >= 4 is 17.2 Å². The number of nitrogens with zero attached hydrogens (tertiary/aromatic N) is 5. The van der Waals surface area contributed by atoms with Gasteiger partial charge in [-0.15, -0.1) is 16.4 Å². The van der Waals surface area contributed by atoms with Gasteiger partial charge in [0, 0.05) is 26.2 Å². The molecule has 1 fully saturated rings. The number of amides is 1. The predicted molar refractivity (Wildman–Crippen MR) is 113 cm³/mol. The number of halogens is 9. The van der Waals surface area contributed by atoms with Crippen LogP contribution in [0.1, 0.15) is 33.6 Å². The van der Waals surface area contributed by atoms with Crippen LogP contribution in [0.15, 0.2) is 16.7 Å². The van der Waals surface area contributed by atoms with Crippen LogP contribution in [0.3, 0.4) is 0 Å². The molecule has 4 rings (SSSR count). The smallest absolute Gasteiger partial charge is 0.410 e. The lowest BCUT2D eigenvalue weighted by Gasteiger charge is -2.22. The summed E-state index contributed by atoms with van der Waals surface area (Å²) in [6, 6.07) is 4.05. The molecular weight excluding hydrogens is 573 g/mol. The molecule has 0 spiro atoms. The standard InChI is InChI=1S/C21H14F9N5O3S/c1-34(8-3-4-8)17(36)9-5-12(39-13(9)7-31)11-6-10(33-38-11)15-14(19(23,24)25)16(32-35(15)2)37-21(29,30)18(22)20(26,27)28/h5-6,8,18H,3-4H2,1-2H3. The zero-order valence-electron chi connectivity index (χ0n) is 19.5. The average molecular weight is 587 g/mol. The highest BCUT2D eigenvalue weighted by molar-refractivity contribution is 7.16. The Kier molecular flexibility index (Phi) is 6.86. The van der Waals surface area contributed by atoms with Crippen LogP contribution < -0.4 is 4.74 Å². The van der Waals surface area contributed by atoms with E-state index >= 15 is 0 Å². The van der Waals surface area contributed by atoms with Crippen LogP contribution in [-0.2, 0) is 13.2 Å². The molecule has 210 valence electrons. The first-order valence-electron chi connectivity index (χ1n) is 10.7. The number of hydrogen-bond donors (Lipinski definition) is 0. The van der Waals surface area contributed by atoms with Gasteiger partial charge in [-0.3, -0.25) is 9.48 Å². The van der Waals surface area contributed by atoms with Crippen LogP contribution in [0.25, 0.3) is 22.0 Å². The van der Waals surface area contributed by atoms with Gasteiger partial charge in [-0.05, 0) is 18.9 Å². The molecule has 3 aromatic rings. The molecule has 1 saturated carbocycles. The van der Waals surface area contributed by atoms with Gasteiger partial charge in [-0.25, -0.2) is 4.39 Å². The van der Waals surface area contributed by atoms with Crippen molar-refractivity contribution in [1.29, 1.82) is 5.26 Å². The molecule has 0 aromatic carbocycles. The Bertz CT molecular complexity index is 1450. The van der Waals surface area contributed by atoms with Crippen molar-refractivity contribution in [2.24, 2.45) is 7.05 Å². The lowest BCUT2D eigenvalue weighted by molar-refractivity contribution is -0.306. The van der Waals surface area contributed by atoms with Crippen LogP contribution in [0, 0.1) is 11.3 Å². The number of aromatic nitrogens is 3. The van der Waals surface area contributed by atoms with Crippen molar-refractivity contribution in [1.82, 2.24) is 19.8 Å². The Morgan fingerprint density at radius 1 is 1.23 bits per heavy atom. The summed E-state index contributed by atoms with van der Waals surface area (Å²) in [7, 11) is 2.37. The molecular formula is C21H14F9N5O3S. The number of hydrogen-bond acceptors (Lipinski definition) is 7. The maximum atomic E-state index is 13.9. The number of ether oxygens (including phenoxy) is 1. The van der Waals surface area contributed by atoms with Gasteiger partial charge >= 0.3 is 18.5 Å². The fourth-order valence-corrected chi connectivity index (χ4v) is 4.46. The summed E-state index contributed by atoms with van der Waals surface area (Å²) in [6.45, 7) is 0. The maximum absolute atomic E-state index is 13.9. The molecule has 0 N–H and O–H groups in total. The third kappa shape index (κ3) is 5.40. The SMILES string of the molecule is CN(C(=O)c1cc(-c2cc(-c3c(C(F)(F)F)c(OC(F)(F)C(F)C(F)(F)F)nn3C)no2)sc1C#N)C1CC1. The summed E-state index contributed by atoms with van der Waals surface area (Å²) >= 11 is 0.772. The highest BCUT2D eigenvalue weighted by Gasteiger charge is 2.60. The first-order chi connectivity index (χ1) is 18.0. The Labute approximate surface area is 216 Å². The van der Waals surface area contributed by atoms with Gasteiger partial charge < -0.3 is 14.2 Å². The molecule has 8 nitrogen and oxygen atoms in total. The second-order valence-corrected chi connectivity index (χ2v) is 9.46. The van der Waals surface area contributed by atoms with E-state index in [0.29, 0.717) is 4.68 Å². The number of alkyl halides is 9. The summed E-state index contributed by atoms with van der Waals surface area (Å²) in [5.41, 5.74) is -3.75. The van der Waals surface area contributed by atoms with Crippen LogP contribution in [0.5, 0.6) is 5.88 Å². The first-order valence-corrected chi connectivity index (χ1v) is 11.5. The van der Waals surface area contributed by atoms with Crippen molar-refractivity contribution < 1.29 is 53.6 Å². The Balaban J connectivity index is 1.73. The largest absolute Gasteiger partial charge is 0.440 e.